The minimum absolute atomic E-state index is 0.181. The van der Waals surface area contributed by atoms with Gasteiger partial charge in [-0.05, 0) is 72.2 Å². The van der Waals surface area contributed by atoms with Crippen molar-refractivity contribution in [3.05, 3.63) is 87.8 Å². The average Bonchev–Trinajstić information content (AvgIpc) is 3.16. The van der Waals surface area contributed by atoms with Crippen molar-refractivity contribution >= 4 is 74.9 Å². The molecule has 6 nitrogen and oxygen atoms in total. The van der Waals surface area contributed by atoms with Crippen molar-refractivity contribution in [1.29, 1.82) is 0 Å². The Balaban J connectivity index is 1.39. The first-order valence-corrected chi connectivity index (χ1v) is 13.2. The third-order valence-corrected chi connectivity index (χ3v) is 7.27. The van der Waals surface area contributed by atoms with Gasteiger partial charge in [-0.15, -0.1) is 0 Å². The van der Waals surface area contributed by atoms with Crippen molar-refractivity contribution < 1.29 is 14.3 Å². The highest BCUT2D eigenvalue weighted by molar-refractivity contribution is 8.27. The summed E-state index contributed by atoms with van der Waals surface area (Å²) in [5.74, 6) is -0.0943. The molecular weight excluding hydrogens is 526 g/mol. The van der Waals surface area contributed by atoms with Crippen molar-refractivity contribution in [3.8, 4) is 5.75 Å². The molecule has 0 atom stereocenters. The Bertz CT molecular complexity index is 1360. The van der Waals surface area contributed by atoms with E-state index >= 15 is 0 Å². The van der Waals surface area contributed by atoms with E-state index in [1.807, 2.05) is 67.5 Å². The van der Waals surface area contributed by atoms with Crippen LogP contribution in [0.2, 0.25) is 5.02 Å². The molecule has 1 saturated heterocycles. The number of hydrogen-bond donors (Lipinski definition) is 1. The van der Waals surface area contributed by atoms with E-state index in [0.29, 0.717) is 25.7 Å². The van der Waals surface area contributed by atoms with Crippen molar-refractivity contribution in [2.24, 2.45) is 0 Å². The number of carbonyl (C=O) groups excluding carboxylic acids is 2. The predicted molar refractivity (Wildman–Crippen MR) is 158 cm³/mol. The third kappa shape index (κ3) is 6.52. The number of nitrogens with one attached hydrogen (secondary N) is 1. The summed E-state index contributed by atoms with van der Waals surface area (Å²) in [6.07, 6.45) is 2.68. The maximum atomic E-state index is 13.1. The number of rotatable bonds is 8. The molecule has 3 aromatic carbocycles. The van der Waals surface area contributed by atoms with Gasteiger partial charge in [0, 0.05) is 25.5 Å². The Morgan fingerprint density at radius 2 is 1.81 bits per heavy atom. The first-order chi connectivity index (χ1) is 17.7. The van der Waals surface area contributed by atoms with Gasteiger partial charge >= 0.3 is 0 Å². The highest BCUT2D eigenvalue weighted by Crippen LogP contribution is 2.37. The molecule has 1 aliphatic rings. The van der Waals surface area contributed by atoms with Crippen molar-refractivity contribution in [2.45, 2.75) is 13.3 Å². The van der Waals surface area contributed by atoms with Crippen molar-refractivity contribution in [2.75, 3.05) is 35.8 Å². The highest BCUT2D eigenvalue weighted by Gasteiger charge is 2.33. The maximum Gasteiger partial charge on any atom is 0.270 e. The zero-order chi connectivity index (χ0) is 26.5. The van der Waals surface area contributed by atoms with Gasteiger partial charge < -0.3 is 15.0 Å². The lowest BCUT2D eigenvalue weighted by atomic mass is 10.1. The van der Waals surface area contributed by atoms with Crippen LogP contribution in [0.1, 0.15) is 18.1 Å². The maximum absolute atomic E-state index is 13.1. The topological polar surface area (TPSA) is 61.9 Å². The molecule has 3 aromatic rings. The quantitative estimate of drug-likeness (QED) is 0.258. The molecule has 0 bridgehead atoms. The number of aryl methyl sites for hydroxylation is 1. The van der Waals surface area contributed by atoms with E-state index in [0.717, 1.165) is 23.4 Å². The standard InChI is InChI=1S/C28H26ClN3O3S2/c1-4-18-5-8-20(9-6-18)30-26(33)17-35-24-14-7-19(15-23(24)29)16-25-27(34)32(28(36)37-25)22-12-10-21(11-13-22)31(2)3/h5-16H,4,17H2,1-3H3,(H,30,33)/b25-16-. The number of nitrogens with zero attached hydrogens (tertiary/aromatic N) is 2. The van der Waals surface area contributed by atoms with Crippen LogP contribution < -0.4 is 19.9 Å². The van der Waals surface area contributed by atoms with Crippen LogP contribution in [0, 0.1) is 0 Å². The highest BCUT2D eigenvalue weighted by atomic mass is 35.5. The normalized spacial score (nSPS) is 14.3. The number of thiocarbonyl (C=S) groups is 1. The Labute approximate surface area is 231 Å². The zero-order valence-electron chi connectivity index (χ0n) is 20.7. The molecule has 4 rings (SSSR count). The summed E-state index contributed by atoms with van der Waals surface area (Å²) in [7, 11) is 3.92. The second-order valence-corrected chi connectivity index (χ2v) is 10.6. The molecule has 0 saturated carbocycles. The second-order valence-electron chi connectivity index (χ2n) is 8.51. The Morgan fingerprint density at radius 1 is 1.11 bits per heavy atom. The first-order valence-electron chi connectivity index (χ1n) is 11.6. The van der Waals surface area contributed by atoms with Crippen molar-refractivity contribution in [1.82, 2.24) is 0 Å². The number of amides is 2. The fourth-order valence-electron chi connectivity index (χ4n) is 3.63. The zero-order valence-corrected chi connectivity index (χ0v) is 23.0. The average molecular weight is 552 g/mol. The van der Waals surface area contributed by atoms with E-state index in [4.69, 9.17) is 28.6 Å². The van der Waals surface area contributed by atoms with Gasteiger partial charge in [0.2, 0.25) is 0 Å². The molecule has 1 aliphatic heterocycles. The van der Waals surface area contributed by atoms with E-state index in [2.05, 4.69) is 12.2 Å². The Kier molecular flexibility index (Phi) is 8.53. The van der Waals surface area contributed by atoms with E-state index in [1.54, 1.807) is 24.3 Å². The minimum Gasteiger partial charge on any atom is -0.482 e. The van der Waals surface area contributed by atoms with Crippen LogP contribution in [-0.2, 0) is 16.0 Å². The van der Waals surface area contributed by atoms with Crippen LogP contribution in [0.25, 0.3) is 6.08 Å². The fourth-order valence-corrected chi connectivity index (χ4v) is 5.17. The van der Waals surface area contributed by atoms with Crippen LogP contribution in [0.5, 0.6) is 5.75 Å². The molecule has 0 spiro atoms. The molecule has 0 unspecified atom stereocenters. The van der Waals surface area contributed by atoms with E-state index < -0.39 is 0 Å². The van der Waals surface area contributed by atoms with Crippen LogP contribution >= 0.6 is 35.6 Å². The summed E-state index contributed by atoms with van der Waals surface area (Å²) in [4.78, 5) is 29.4. The van der Waals surface area contributed by atoms with Gasteiger partial charge in [-0.3, -0.25) is 14.5 Å². The molecule has 0 aromatic heterocycles. The summed E-state index contributed by atoms with van der Waals surface area (Å²) < 4.78 is 6.08. The molecular formula is C28H26ClN3O3S2. The van der Waals surface area contributed by atoms with E-state index in [-0.39, 0.29) is 18.4 Å². The fraction of sp³-hybridized carbons (Fsp3) is 0.179. The largest absolute Gasteiger partial charge is 0.482 e. The van der Waals surface area contributed by atoms with Crippen LogP contribution in [-0.4, -0.2) is 36.8 Å². The number of thioether (sulfide) groups is 1. The Hall–Kier alpha value is -3.33. The summed E-state index contributed by atoms with van der Waals surface area (Å²) in [6, 6.07) is 20.5. The van der Waals surface area contributed by atoms with E-state index in [1.165, 1.54) is 22.2 Å². The van der Waals surface area contributed by atoms with Gasteiger partial charge in [0.15, 0.2) is 10.9 Å². The van der Waals surface area contributed by atoms with E-state index in [9.17, 15) is 9.59 Å². The lowest BCUT2D eigenvalue weighted by Crippen LogP contribution is -2.27. The lowest BCUT2D eigenvalue weighted by Gasteiger charge is -2.17. The van der Waals surface area contributed by atoms with Gasteiger partial charge in [-0.2, -0.15) is 0 Å². The second kappa shape index (κ2) is 11.8. The summed E-state index contributed by atoms with van der Waals surface area (Å²) in [5, 5.41) is 3.14. The van der Waals surface area contributed by atoms with Gasteiger partial charge in [0.1, 0.15) is 5.75 Å². The molecule has 0 radical (unpaired) electrons. The van der Waals surface area contributed by atoms with Crippen molar-refractivity contribution in [3.63, 3.8) is 0 Å². The molecule has 1 heterocycles. The lowest BCUT2D eigenvalue weighted by molar-refractivity contribution is -0.118. The van der Waals surface area contributed by atoms with Gasteiger partial charge in [-0.1, -0.05) is 60.7 Å². The summed E-state index contributed by atoms with van der Waals surface area (Å²) in [6.45, 7) is 1.89. The number of ether oxygens (including phenoxy) is 1. The number of carbonyl (C=O) groups is 2. The molecule has 1 fully saturated rings. The van der Waals surface area contributed by atoms with Crippen LogP contribution in [0.15, 0.2) is 71.6 Å². The SMILES string of the molecule is CCc1ccc(NC(=O)COc2ccc(/C=C3\SC(=S)N(c4ccc(N(C)C)cc4)C3=O)cc2Cl)cc1. The number of benzene rings is 3. The first kappa shape index (κ1) is 26.7. The Morgan fingerprint density at radius 3 is 2.43 bits per heavy atom. The van der Waals surface area contributed by atoms with Crippen LogP contribution in [0.4, 0.5) is 17.1 Å². The van der Waals surface area contributed by atoms with Crippen LogP contribution in [0.3, 0.4) is 0 Å². The third-order valence-electron chi connectivity index (χ3n) is 5.68. The molecule has 9 heteroatoms. The molecule has 1 N–H and O–H groups in total. The number of halogens is 1. The summed E-state index contributed by atoms with van der Waals surface area (Å²) >= 11 is 13.1. The van der Waals surface area contributed by atoms with Gasteiger partial charge in [-0.25, -0.2) is 0 Å². The predicted octanol–water partition coefficient (Wildman–Crippen LogP) is 6.39. The number of anilines is 3. The monoisotopic (exact) mass is 551 g/mol. The number of hydrogen-bond acceptors (Lipinski definition) is 6. The molecule has 2 amide bonds. The molecule has 0 aliphatic carbocycles. The van der Waals surface area contributed by atoms with Gasteiger partial charge in [0.05, 0.1) is 15.6 Å². The molecule has 190 valence electrons. The summed E-state index contributed by atoms with van der Waals surface area (Å²) in [5.41, 5.74) is 4.38. The molecule has 37 heavy (non-hydrogen) atoms. The van der Waals surface area contributed by atoms with Gasteiger partial charge in [0.25, 0.3) is 11.8 Å². The smallest absolute Gasteiger partial charge is 0.270 e. The minimum atomic E-state index is -0.285.